The third-order valence-electron chi connectivity index (χ3n) is 3.28. The van der Waals surface area contributed by atoms with E-state index in [4.69, 9.17) is 4.74 Å². The van der Waals surface area contributed by atoms with Crippen molar-refractivity contribution in [3.05, 3.63) is 29.8 Å². The average Bonchev–Trinajstić information content (AvgIpc) is 2.41. The SMILES string of the molecule is COCCNCc1ccccc1N(CC(C)C)C(C)C. The molecule has 20 heavy (non-hydrogen) atoms. The maximum atomic E-state index is 5.08. The van der Waals surface area contributed by atoms with Crippen molar-refractivity contribution in [3.8, 4) is 0 Å². The highest BCUT2D eigenvalue weighted by molar-refractivity contribution is 5.54. The zero-order valence-corrected chi connectivity index (χ0v) is 13.6. The fourth-order valence-electron chi connectivity index (χ4n) is 2.32. The lowest BCUT2D eigenvalue weighted by atomic mass is 10.1. The van der Waals surface area contributed by atoms with Crippen molar-refractivity contribution < 1.29 is 4.74 Å². The number of para-hydroxylation sites is 1. The van der Waals surface area contributed by atoms with Gasteiger partial charge in [0, 0.05) is 38.5 Å². The van der Waals surface area contributed by atoms with Crippen molar-refractivity contribution in [1.82, 2.24) is 5.32 Å². The minimum absolute atomic E-state index is 0.512. The number of anilines is 1. The highest BCUT2D eigenvalue weighted by Crippen LogP contribution is 2.23. The van der Waals surface area contributed by atoms with Crippen LogP contribution in [0.15, 0.2) is 24.3 Å². The number of methoxy groups -OCH3 is 1. The molecule has 0 atom stereocenters. The fourth-order valence-corrected chi connectivity index (χ4v) is 2.32. The monoisotopic (exact) mass is 278 g/mol. The molecule has 3 nitrogen and oxygen atoms in total. The van der Waals surface area contributed by atoms with Crippen molar-refractivity contribution in [2.75, 3.05) is 31.7 Å². The molecule has 0 saturated heterocycles. The van der Waals surface area contributed by atoms with Crippen LogP contribution >= 0.6 is 0 Å². The molecule has 0 aliphatic rings. The number of benzene rings is 1. The number of ether oxygens (including phenoxy) is 1. The average molecular weight is 278 g/mol. The second-order valence-electron chi connectivity index (χ2n) is 5.94. The fraction of sp³-hybridized carbons (Fsp3) is 0.647. The third kappa shape index (κ3) is 5.51. The Balaban J connectivity index is 2.80. The van der Waals surface area contributed by atoms with E-state index < -0.39 is 0 Å². The predicted molar refractivity (Wildman–Crippen MR) is 87.3 cm³/mol. The van der Waals surface area contributed by atoms with Crippen LogP contribution in [0.25, 0.3) is 0 Å². The Hall–Kier alpha value is -1.06. The minimum Gasteiger partial charge on any atom is -0.383 e. The molecule has 0 saturated carbocycles. The van der Waals surface area contributed by atoms with E-state index in [1.807, 2.05) is 0 Å². The maximum Gasteiger partial charge on any atom is 0.0587 e. The van der Waals surface area contributed by atoms with Gasteiger partial charge < -0.3 is 15.0 Å². The second-order valence-corrected chi connectivity index (χ2v) is 5.94. The van der Waals surface area contributed by atoms with E-state index in [2.05, 4.69) is 62.2 Å². The molecule has 0 fully saturated rings. The van der Waals surface area contributed by atoms with Gasteiger partial charge in [0.25, 0.3) is 0 Å². The molecule has 0 aromatic heterocycles. The van der Waals surface area contributed by atoms with E-state index in [9.17, 15) is 0 Å². The first kappa shape index (κ1) is 17.0. The summed E-state index contributed by atoms with van der Waals surface area (Å²) in [5.41, 5.74) is 2.71. The number of hydrogen-bond donors (Lipinski definition) is 1. The van der Waals surface area contributed by atoms with Gasteiger partial charge in [-0.1, -0.05) is 32.0 Å². The Labute approximate surface area is 124 Å². The van der Waals surface area contributed by atoms with E-state index in [1.165, 1.54) is 11.3 Å². The van der Waals surface area contributed by atoms with Gasteiger partial charge in [-0.25, -0.2) is 0 Å². The molecule has 1 aromatic rings. The van der Waals surface area contributed by atoms with Gasteiger partial charge >= 0.3 is 0 Å². The van der Waals surface area contributed by atoms with Gasteiger partial charge in [-0.15, -0.1) is 0 Å². The van der Waals surface area contributed by atoms with E-state index in [0.29, 0.717) is 12.0 Å². The summed E-state index contributed by atoms with van der Waals surface area (Å²) in [5, 5.41) is 3.44. The largest absolute Gasteiger partial charge is 0.383 e. The lowest BCUT2D eigenvalue weighted by Gasteiger charge is -2.32. The highest BCUT2D eigenvalue weighted by atomic mass is 16.5. The van der Waals surface area contributed by atoms with Crippen LogP contribution < -0.4 is 10.2 Å². The normalized spacial score (nSPS) is 11.3. The van der Waals surface area contributed by atoms with Crippen molar-refractivity contribution >= 4 is 5.69 Å². The number of nitrogens with one attached hydrogen (secondary N) is 1. The van der Waals surface area contributed by atoms with E-state index in [1.54, 1.807) is 7.11 Å². The second kappa shape index (κ2) is 8.98. The van der Waals surface area contributed by atoms with Crippen LogP contribution in [0.2, 0.25) is 0 Å². The Morgan fingerprint density at radius 1 is 1.15 bits per heavy atom. The molecule has 1 N–H and O–H groups in total. The number of rotatable bonds is 9. The molecular formula is C17H30N2O. The summed E-state index contributed by atoms with van der Waals surface area (Å²) in [6.45, 7) is 12.7. The quantitative estimate of drug-likeness (QED) is 0.702. The molecule has 0 heterocycles. The van der Waals surface area contributed by atoms with Crippen LogP contribution in [0.1, 0.15) is 33.3 Å². The standard InChI is InChI=1S/C17H30N2O/c1-14(2)13-19(15(3)4)17-9-7-6-8-16(17)12-18-10-11-20-5/h6-9,14-15,18H,10-13H2,1-5H3. The van der Waals surface area contributed by atoms with Crippen molar-refractivity contribution in [3.63, 3.8) is 0 Å². The van der Waals surface area contributed by atoms with Crippen LogP contribution in [0, 0.1) is 5.92 Å². The van der Waals surface area contributed by atoms with E-state index in [0.717, 1.165) is 26.2 Å². The third-order valence-corrected chi connectivity index (χ3v) is 3.28. The lowest BCUT2D eigenvalue weighted by Crippen LogP contribution is -2.35. The van der Waals surface area contributed by atoms with Crippen LogP contribution in [-0.2, 0) is 11.3 Å². The first-order valence-corrected chi connectivity index (χ1v) is 7.60. The number of nitrogens with zero attached hydrogens (tertiary/aromatic N) is 1. The van der Waals surface area contributed by atoms with Crippen molar-refractivity contribution in [2.45, 2.75) is 40.3 Å². The molecule has 114 valence electrons. The molecule has 0 bridgehead atoms. The summed E-state index contributed by atoms with van der Waals surface area (Å²) in [6.07, 6.45) is 0. The van der Waals surface area contributed by atoms with Crippen LogP contribution in [-0.4, -0.2) is 32.8 Å². The summed E-state index contributed by atoms with van der Waals surface area (Å²) in [7, 11) is 1.73. The Bertz CT molecular complexity index is 377. The molecule has 3 heteroatoms. The molecule has 0 unspecified atom stereocenters. The van der Waals surface area contributed by atoms with Crippen LogP contribution in [0.4, 0.5) is 5.69 Å². The number of hydrogen-bond acceptors (Lipinski definition) is 3. The topological polar surface area (TPSA) is 24.5 Å². The summed E-state index contributed by atoms with van der Waals surface area (Å²) in [6, 6.07) is 9.20. The predicted octanol–water partition coefficient (Wildman–Crippen LogP) is 3.29. The van der Waals surface area contributed by atoms with Gasteiger partial charge in [0.1, 0.15) is 0 Å². The molecule has 1 rings (SSSR count). The first-order valence-electron chi connectivity index (χ1n) is 7.60. The highest BCUT2D eigenvalue weighted by Gasteiger charge is 2.15. The van der Waals surface area contributed by atoms with Gasteiger partial charge in [-0.3, -0.25) is 0 Å². The van der Waals surface area contributed by atoms with E-state index >= 15 is 0 Å². The van der Waals surface area contributed by atoms with Gasteiger partial charge in [-0.2, -0.15) is 0 Å². The molecule has 0 radical (unpaired) electrons. The summed E-state index contributed by atoms with van der Waals surface area (Å²) >= 11 is 0. The minimum atomic E-state index is 0.512. The molecule has 1 aromatic carbocycles. The van der Waals surface area contributed by atoms with Gasteiger partial charge in [0.2, 0.25) is 0 Å². The summed E-state index contributed by atoms with van der Waals surface area (Å²) < 4.78 is 5.08. The van der Waals surface area contributed by atoms with Crippen molar-refractivity contribution in [1.29, 1.82) is 0 Å². The Morgan fingerprint density at radius 2 is 1.85 bits per heavy atom. The van der Waals surface area contributed by atoms with Crippen LogP contribution in [0.3, 0.4) is 0 Å². The van der Waals surface area contributed by atoms with Gasteiger partial charge in [0.05, 0.1) is 6.61 Å². The summed E-state index contributed by atoms with van der Waals surface area (Å²) in [5.74, 6) is 0.659. The Kier molecular flexibility index (Phi) is 7.63. The van der Waals surface area contributed by atoms with Crippen LogP contribution in [0.5, 0.6) is 0 Å². The molecular weight excluding hydrogens is 248 g/mol. The van der Waals surface area contributed by atoms with Gasteiger partial charge in [-0.05, 0) is 31.4 Å². The lowest BCUT2D eigenvalue weighted by molar-refractivity contribution is 0.199. The van der Waals surface area contributed by atoms with Gasteiger partial charge in [0.15, 0.2) is 0 Å². The zero-order valence-electron chi connectivity index (χ0n) is 13.6. The zero-order chi connectivity index (χ0) is 15.0. The summed E-state index contributed by atoms with van der Waals surface area (Å²) in [4.78, 5) is 2.50. The molecule has 0 aliphatic carbocycles. The molecule has 0 aliphatic heterocycles. The molecule has 0 spiro atoms. The smallest absolute Gasteiger partial charge is 0.0587 e. The van der Waals surface area contributed by atoms with E-state index in [-0.39, 0.29) is 0 Å². The molecule has 0 amide bonds. The van der Waals surface area contributed by atoms with Crippen molar-refractivity contribution in [2.24, 2.45) is 5.92 Å². The first-order chi connectivity index (χ1) is 9.56. The maximum absolute atomic E-state index is 5.08. The Morgan fingerprint density at radius 3 is 2.45 bits per heavy atom.